The second-order valence-electron chi connectivity index (χ2n) is 7.31. The van der Waals surface area contributed by atoms with Crippen LogP contribution < -0.4 is 0 Å². The van der Waals surface area contributed by atoms with E-state index in [1.54, 1.807) is 0 Å². The van der Waals surface area contributed by atoms with Gasteiger partial charge in [0.2, 0.25) is 0 Å². The predicted molar refractivity (Wildman–Crippen MR) is 121 cm³/mol. The van der Waals surface area contributed by atoms with Gasteiger partial charge in [-0.2, -0.15) is 5.10 Å². The summed E-state index contributed by atoms with van der Waals surface area (Å²) < 4.78 is 39.4. The lowest BCUT2D eigenvalue weighted by Gasteiger charge is -2.12. The number of hydrogen-bond acceptors (Lipinski definition) is 7. The van der Waals surface area contributed by atoms with Gasteiger partial charge in [0, 0.05) is 30.0 Å². The second-order valence-corrected chi connectivity index (χ2v) is 12.0. The normalized spacial score (nSPS) is 13.4. The molecule has 1 atom stereocenters. The number of thiazole rings is 1. The summed E-state index contributed by atoms with van der Waals surface area (Å²) in [4.78, 5) is 9.36. The summed E-state index contributed by atoms with van der Waals surface area (Å²) in [5.74, 6) is 0.463. The van der Waals surface area contributed by atoms with Crippen LogP contribution in [0.3, 0.4) is 0 Å². The Hall–Kier alpha value is -2.17. The van der Waals surface area contributed by atoms with Crippen LogP contribution in [0.1, 0.15) is 29.3 Å². The minimum atomic E-state index is -3.43. The number of hydrogen-bond donors (Lipinski definition) is 0. The largest absolute Gasteiger partial charge is 0.254 e. The van der Waals surface area contributed by atoms with Gasteiger partial charge in [0.1, 0.15) is 10.7 Å². The molecule has 4 heterocycles. The lowest BCUT2D eigenvalue weighted by Crippen LogP contribution is -2.03. The molecule has 10 heteroatoms. The summed E-state index contributed by atoms with van der Waals surface area (Å²) in [6.45, 7) is 10.0. The van der Waals surface area contributed by atoms with Crippen molar-refractivity contribution in [2.24, 2.45) is 0 Å². The van der Waals surface area contributed by atoms with Crippen molar-refractivity contribution in [1.82, 2.24) is 19.6 Å². The van der Waals surface area contributed by atoms with E-state index in [2.05, 4.69) is 23.8 Å². The number of aromatic nitrogens is 4. The van der Waals surface area contributed by atoms with E-state index in [0.29, 0.717) is 26.9 Å². The zero-order valence-corrected chi connectivity index (χ0v) is 20.0. The molecule has 0 spiro atoms. The maximum Gasteiger partial charge on any atom is 0.192 e. The first-order valence-electron chi connectivity index (χ1n) is 9.39. The van der Waals surface area contributed by atoms with Gasteiger partial charge in [0.25, 0.3) is 0 Å². The van der Waals surface area contributed by atoms with Crippen molar-refractivity contribution in [1.29, 1.82) is 0 Å². The first-order valence-corrected chi connectivity index (χ1v) is 13.4. The monoisotopic (exact) mass is 462 g/mol. The Morgan fingerprint density at radius 1 is 1.13 bits per heavy atom. The Morgan fingerprint density at radius 2 is 1.83 bits per heavy atom. The molecule has 0 fully saturated rings. The van der Waals surface area contributed by atoms with Gasteiger partial charge in [-0.05, 0) is 44.4 Å². The summed E-state index contributed by atoms with van der Waals surface area (Å²) in [6, 6.07) is 1.47. The number of sulfone groups is 1. The molecule has 158 valence electrons. The molecule has 4 aromatic heterocycles. The third-order valence-corrected chi connectivity index (χ3v) is 8.87. The van der Waals surface area contributed by atoms with Crippen molar-refractivity contribution in [3.63, 3.8) is 0 Å². The molecule has 0 N–H and O–H groups in total. The van der Waals surface area contributed by atoms with Gasteiger partial charge in [-0.3, -0.25) is 4.21 Å². The molecule has 7 nitrogen and oxygen atoms in total. The highest BCUT2D eigenvalue weighted by molar-refractivity contribution is 7.90. The molecule has 0 aromatic carbocycles. The molecule has 0 aliphatic carbocycles. The molecule has 0 saturated heterocycles. The van der Waals surface area contributed by atoms with Crippen LogP contribution >= 0.6 is 11.3 Å². The Bertz CT molecular complexity index is 1470. The summed E-state index contributed by atoms with van der Waals surface area (Å²) in [5, 5.41) is 5.40. The van der Waals surface area contributed by atoms with E-state index in [1.807, 2.05) is 25.3 Å². The third kappa shape index (κ3) is 3.17. The molecule has 0 aliphatic heterocycles. The molecule has 0 radical (unpaired) electrons. The quantitative estimate of drug-likeness (QED) is 0.458. The number of pyridine rings is 2. The van der Waals surface area contributed by atoms with Crippen molar-refractivity contribution >= 4 is 47.7 Å². The molecular formula is C20H22N4O3S3. The lowest BCUT2D eigenvalue weighted by atomic mass is 10.0. The van der Waals surface area contributed by atoms with Crippen LogP contribution in [-0.4, -0.2) is 44.2 Å². The van der Waals surface area contributed by atoms with Gasteiger partial charge in [0.15, 0.2) is 14.9 Å². The van der Waals surface area contributed by atoms with E-state index in [9.17, 15) is 12.6 Å². The molecule has 0 bridgehead atoms. The van der Waals surface area contributed by atoms with Crippen molar-refractivity contribution in [2.75, 3.05) is 12.0 Å². The van der Waals surface area contributed by atoms with Gasteiger partial charge in [0.05, 0.1) is 31.4 Å². The zero-order chi connectivity index (χ0) is 22.0. The van der Waals surface area contributed by atoms with E-state index < -0.39 is 20.6 Å². The Balaban J connectivity index is 2.07. The molecule has 30 heavy (non-hydrogen) atoms. The smallest absolute Gasteiger partial charge is 0.192 e. The van der Waals surface area contributed by atoms with Crippen LogP contribution in [0.25, 0.3) is 26.4 Å². The molecule has 4 aromatic rings. The van der Waals surface area contributed by atoms with Crippen molar-refractivity contribution in [3.8, 4) is 10.7 Å². The Kier molecular flexibility index (Phi) is 5.06. The summed E-state index contributed by atoms with van der Waals surface area (Å²) in [6.07, 6.45) is 2.64. The van der Waals surface area contributed by atoms with Gasteiger partial charge in [-0.15, -0.1) is 11.3 Å². The molecule has 0 aliphatic rings. The van der Waals surface area contributed by atoms with Gasteiger partial charge in [-0.25, -0.2) is 22.9 Å². The maximum atomic E-state index is 13.1. The second kappa shape index (κ2) is 7.21. The van der Waals surface area contributed by atoms with Crippen molar-refractivity contribution < 1.29 is 12.6 Å². The summed E-state index contributed by atoms with van der Waals surface area (Å²) in [5.41, 5.74) is 6.33. The number of aryl methyl sites for hydroxylation is 2. The molecule has 1 unspecified atom stereocenters. The van der Waals surface area contributed by atoms with Crippen LogP contribution in [0.15, 0.2) is 22.2 Å². The SMILES string of the molecule is CCS(=O)c1c(-c2nc3cc(S(C)(=O)=O)ncc3s2)nn2c(C)c(C)c(C)c(C)c12. The molecule has 4 rings (SSSR count). The van der Waals surface area contributed by atoms with E-state index in [0.717, 1.165) is 38.9 Å². The molecular weight excluding hydrogens is 440 g/mol. The average Bonchev–Trinajstić information content (AvgIpc) is 3.30. The van der Waals surface area contributed by atoms with Crippen molar-refractivity contribution in [2.45, 2.75) is 44.5 Å². The number of fused-ring (bicyclic) bond motifs is 2. The van der Waals surface area contributed by atoms with E-state index >= 15 is 0 Å². The minimum Gasteiger partial charge on any atom is -0.254 e. The fraction of sp³-hybridized carbons (Fsp3) is 0.350. The number of nitrogens with zero attached hydrogens (tertiary/aromatic N) is 4. The molecule has 0 amide bonds. The topological polar surface area (TPSA) is 94.3 Å². The summed E-state index contributed by atoms with van der Waals surface area (Å²) in [7, 11) is -4.68. The van der Waals surface area contributed by atoms with Gasteiger partial charge < -0.3 is 0 Å². The highest BCUT2D eigenvalue weighted by atomic mass is 32.2. The highest BCUT2D eigenvalue weighted by Crippen LogP contribution is 2.37. The van der Waals surface area contributed by atoms with E-state index in [4.69, 9.17) is 5.10 Å². The first-order chi connectivity index (χ1) is 14.0. The molecule has 0 saturated carbocycles. The zero-order valence-electron chi connectivity index (χ0n) is 17.6. The number of rotatable bonds is 4. The predicted octanol–water partition coefficient (Wildman–Crippen LogP) is 3.77. The third-order valence-electron chi connectivity index (χ3n) is 5.51. The van der Waals surface area contributed by atoms with Crippen LogP contribution in [0, 0.1) is 27.7 Å². The fourth-order valence-corrected chi connectivity index (χ4v) is 6.12. The van der Waals surface area contributed by atoms with Crippen LogP contribution in [0.5, 0.6) is 0 Å². The van der Waals surface area contributed by atoms with Gasteiger partial charge in [-0.1, -0.05) is 6.92 Å². The fourth-order valence-electron chi connectivity index (χ4n) is 3.48. The van der Waals surface area contributed by atoms with Crippen LogP contribution in [0.2, 0.25) is 0 Å². The first kappa shape index (κ1) is 21.1. The Labute approximate surface area is 181 Å². The average molecular weight is 463 g/mol. The lowest BCUT2D eigenvalue weighted by molar-refractivity contribution is 0.598. The Morgan fingerprint density at radius 3 is 2.47 bits per heavy atom. The summed E-state index contributed by atoms with van der Waals surface area (Å²) >= 11 is 1.37. The van der Waals surface area contributed by atoms with Crippen LogP contribution in [-0.2, 0) is 20.6 Å². The maximum absolute atomic E-state index is 13.1. The minimum absolute atomic E-state index is 0.0165. The van der Waals surface area contributed by atoms with Gasteiger partial charge >= 0.3 is 0 Å². The highest BCUT2D eigenvalue weighted by Gasteiger charge is 2.25. The van der Waals surface area contributed by atoms with Crippen molar-refractivity contribution in [3.05, 3.63) is 34.6 Å². The standard InChI is InChI=1S/C20H22N4O3S3/c1-7-29(25)19-17(23-24-13(5)11(3)10(2)12(4)18(19)24)20-22-14-8-16(30(6,26)27)21-9-15(14)28-20/h8-9H,7H2,1-6H3. The van der Waals surface area contributed by atoms with E-state index in [1.165, 1.54) is 23.6 Å². The van der Waals surface area contributed by atoms with E-state index in [-0.39, 0.29) is 5.03 Å². The van der Waals surface area contributed by atoms with Crippen LogP contribution in [0.4, 0.5) is 0 Å².